The molecular weight excluding hydrogens is 374 g/mol. The monoisotopic (exact) mass is 408 g/mol. The van der Waals surface area contributed by atoms with E-state index in [1.54, 1.807) is 6.21 Å². The van der Waals surface area contributed by atoms with Crippen molar-refractivity contribution in [2.45, 2.75) is 20.3 Å². The average Bonchev–Trinajstić information content (AvgIpc) is 2.80. The molecule has 0 aliphatic carbocycles. The zero-order valence-electron chi connectivity index (χ0n) is 18.2. The molecule has 30 heavy (non-hydrogen) atoms. The molecule has 0 bridgehead atoms. The molecule has 1 aliphatic heterocycles. The van der Waals surface area contributed by atoms with Gasteiger partial charge in [0.15, 0.2) is 0 Å². The summed E-state index contributed by atoms with van der Waals surface area (Å²) in [6.45, 7) is 11.3. The van der Waals surface area contributed by atoms with E-state index in [0.717, 1.165) is 51.4 Å². The molecule has 6 heteroatoms. The number of piperazine rings is 1. The summed E-state index contributed by atoms with van der Waals surface area (Å²) >= 11 is 0. The fourth-order valence-electron chi connectivity index (χ4n) is 3.85. The normalized spacial score (nSPS) is 14.8. The van der Waals surface area contributed by atoms with Crippen LogP contribution in [-0.2, 0) is 4.79 Å². The Kier molecular flexibility index (Phi) is 8.27. The van der Waals surface area contributed by atoms with Gasteiger partial charge in [0.2, 0.25) is 5.91 Å². The second-order valence-corrected chi connectivity index (χ2v) is 7.63. The van der Waals surface area contributed by atoms with Crippen molar-refractivity contribution in [3.8, 4) is 0 Å². The van der Waals surface area contributed by atoms with Crippen LogP contribution < -0.4 is 20.1 Å². The first-order valence-corrected chi connectivity index (χ1v) is 11.0. The molecule has 3 rings (SSSR count). The highest BCUT2D eigenvalue weighted by Crippen LogP contribution is 2.14. The number of amides is 1. The third-order valence-corrected chi connectivity index (χ3v) is 5.72. The first kappa shape index (κ1) is 21.8. The molecule has 160 valence electrons. The van der Waals surface area contributed by atoms with Gasteiger partial charge in [-0.1, -0.05) is 30.3 Å². The summed E-state index contributed by atoms with van der Waals surface area (Å²) in [5.41, 5.74) is 6.13. The van der Waals surface area contributed by atoms with Gasteiger partial charge in [-0.25, -0.2) is 5.43 Å². The summed E-state index contributed by atoms with van der Waals surface area (Å²) in [4.78, 5) is 18.3. The lowest BCUT2D eigenvalue weighted by Gasteiger charge is -2.33. The molecule has 2 aromatic carbocycles. The molecule has 0 spiro atoms. The van der Waals surface area contributed by atoms with Gasteiger partial charge in [0.1, 0.15) is 0 Å². The van der Waals surface area contributed by atoms with Crippen molar-refractivity contribution in [2.24, 2.45) is 5.10 Å². The second-order valence-electron chi connectivity index (χ2n) is 7.63. The molecule has 2 N–H and O–H groups in total. The zero-order chi connectivity index (χ0) is 21.2. The molecule has 1 fully saturated rings. The number of carbonyl (C=O) groups is 1. The number of hydrazone groups is 1. The summed E-state index contributed by atoms with van der Waals surface area (Å²) in [5, 5.41) is 4.12. The van der Waals surface area contributed by atoms with Gasteiger partial charge in [-0.05, 0) is 43.7 Å². The van der Waals surface area contributed by atoms with Crippen molar-refractivity contribution < 1.29 is 9.69 Å². The Morgan fingerprint density at radius 3 is 2.37 bits per heavy atom. The third-order valence-electron chi connectivity index (χ3n) is 5.72. The Morgan fingerprint density at radius 2 is 1.73 bits per heavy atom. The second kappa shape index (κ2) is 11.4. The fraction of sp³-hybridized carbons (Fsp3) is 0.417. The van der Waals surface area contributed by atoms with Crippen LogP contribution in [0.5, 0.6) is 0 Å². The fourth-order valence-corrected chi connectivity index (χ4v) is 3.85. The van der Waals surface area contributed by atoms with Crippen LogP contribution in [0.3, 0.4) is 0 Å². The molecular formula is C24H34N5O+. The lowest BCUT2D eigenvalue weighted by molar-refractivity contribution is -0.900. The number of para-hydroxylation sites is 1. The topological polar surface area (TPSA) is 52.4 Å². The van der Waals surface area contributed by atoms with Gasteiger partial charge in [-0.2, -0.15) is 5.10 Å². The molecule has 0 saturated carbocycles. The van der Waals surface area contributed by atoms with E-state index >= 15 is 0 Å². The average molecular weight is 409 g/mol. The first-order valence-electron chi connectivity index (χ1n) is 11.0. The molecule has 0 atom stereocenters. The smallest absolute Gasteiger partial charge is 0.245 e. The number of carbonyl (C=O) groups excluding carboxylic acids is 1. The largest absolute Gasteiger partial charge is 0.372 e. The quantitative estimate of drug-likeness (QED) is 0.491. The molecule has 0 radical (unpaired) electrons. The maximum Gasteiger partial charge on any atom is 0.245 e. The number of nitrogens with zero attached hydrogens (tertiary/aromatic N) is 3. The minimum Gasteiger partial charge on any atom is -0.372 e. The molecule has 0 unspecified atom stereocenters. The third kappa shape index (κ3) is 6.32. The van der Waals surface area contributed by atoms with Crippen molar-refractivity contribution >= 4 is 23.5 Å². The SMILES string of the molecule is CCN(CC)c1ccc(/C=N\NC(=O)CC[NH+]2CCN(c3ccccc3)CC2)cc1. The molecule has 0 aromatic heterocycles. The molecule has 1 saturated heterocycles. The van der Waals surface area contributed by atoms with Crippen LogP contribution in [0.25, 0.3) is 0 Å². The Bertz CT molecular complexity index is 794. The van der Waals surface area contributed by atoms with Crippen LogP contribution in [0.2, 0.25) is 0 Å². The summed E-state index contributed by atoms with van der Waals surface area (Å²) in [6, 6.07) is 18.8. The van der Waals surface area contributed by atoms with E-state index in [1.165, 1.54) is 16.3 Å². The highest BCUT2D eigenvalue weighted by molar-refractivity contribution is 5.82. The van der Waals surface area contributed by atoms with Gasteiger partial charge < -0.3 is 14.7 Å². The van der Waals surface area contributed by atoms with Crippen LogP contribution in [0.15, 0.2) is 59.7 Å². The summed E-state index contributed by atoms with van der Waals surface area (Å²) in [7, 11) is 0. The Morgan fingerprint density at radius 1 is 1.07 bits per heavy atom. The van der Waals surface area contributed by atoms with Gasteiger partial charge in [0.25, 0.3) is 0 Å². The van der Waals surface area contributed by atoms with Crippen molar-refractivity contribution in [3.05, 3.63) is 60.2 Å². The minimum atomic E-state index is -0.0241. The van der Waals surface area contributed by atoms with E-state index in [1.807, 2.05) is 18.2 Å². The zero-order valence-corrected chi connectivity index (χ0v) is 18.2. The van der Waals surface area contributed by atoms with E-state index in [-0.39, 0.29) is 5.91 Å². The van der Waals surface area contributed by atoms with E-state index < -0.39 is 0 Å². The van der Waals surface area contributed by atoms with Gasteiger partial charge in [0.05, 0.1) is 45.4 Å². The molecule has 1 heterocycles. The molecule has 6 nitrogen and oxygen atoms in total. The predicted molar refractivity (Wildman–Crippen MR) is 125 cm³/mol. The lowest BCUT2D eigenvalue weighted by atomic mass is 10.2. The van der Waals surface area contributed by atoms with E-state index in [0.29, 0.717) is 6.42 Å². The van der Waals surface area contributed by atoms with Gasteiger partial charge in [0, 0.05) is 24.5 Å². The van der Waals surface area contributed by atoms with Crippen LogP contribution >= 0.6 is 0 Å². The van der Waals surface area contributed by atoms with Gasteiger partial charge in [-0.15, -0.1) is 0 Å². The molecule has 1 aliphatic rings. The van der Waals surface area contributed by atoms with Gasteiger partial charge >= 0.3 is 0 Å². The van der Waals surface area contributed by atoms with Crippen LogP contribution in [0.1, 0.15) is 25.8 Å². The lowest BCUT2D eigenvalue weighted by Crippen LogP contribution is -3.15. The minimum absolute atomic E-state index is 0.0241. The summed E-state index contributed by atoms with van der Waals surface area (Å²) < 4.78 is 0. The number of quaternary nitrogens is 1. The van der Waals surface area contributed by atoms with Crippen molar-refractivity contribution in [1.29, 1.82) is 0 Å². The maximum atomic E-state index is 12.1. The number of anilines is 2. The highest BCUT2D eigenvalue weighted by atomic mass is 16.2. The van der Waals surface area contributed by atoms with Crippen LogP contribution in [0, 0.1) is 0 Å². The van der Waals surface area contributed by atoms with Crippen LogP contribution in [-0.4, -0.2) is 57.9 Å². The predicted octanol–water partition coefficient (Wildman–Crippen LogP) is 1.78. The number of nitrogens with one attached hydrogen (secondary N) is 2. The number of benzene rings is 2. The van der Waals surface area contributed by atoms with E-state index in [2.05, 4.69) is 70.6 Å². The Hall–Kier alpha value is -2.86. The van der Waals surface area contributed by atoms with E-state index in [9.17, 15) is 4.79 Å². The number of hydrogen-bond acceptors (Lipinski definition) is 4. The summed E-state index contributed by atoms with van der Waals surface area (Å²) in [5.74, 6) is -0.0241. The van der Waals surface area contributed by atoms with Crippen molar-refractivity contribution in [3.63, 3.8) is 0 Å². The Balaban J connectivity index is 1.36. The molecule has 1 amide bonds. The first-order chi connectivity index (χ1) is 14.7. The highest BCUT2D eigenvalue weighted by Gasteiger charge is 2.20. The standard InChI is InChI=1S/C24H33N5O/c1-3-28(4-2)23-12-10-21(11-13-23)20-25-26-24(30)14-15-27-16-18-29(19-17-27)22-8-6-5-7-9-22/h5-13,20H,3-4,14-19H2,1-2H3,(H,26,30)/p+1/b25-20-. The van der Waals surface area contributed by atoms with Crippen molar-refractivity contribution in [1.82, 2.24) is 5.43 Å². The Labute approximate surface area is 180 Å². The van der Waals surface area contributed by atoms with Gasteiger partial charge in [-0.3, -0.25) is 4.79 Å². The van der Waals surface area contributed by atoms with Crippen LogP contribution in [0.4, 0.5) is 11.4 Å². The summed E-state index contributed by atoms with van der Waals surface area (Å²) in [6.07, 6.45) is 2.20. The van der Waals surface area contributed by atoms with E-state index in [4.69, 9.17) is 0 Å². The molecule has 2 aromatic rings. The maximum absolute atomic E-state index is 12.1. The number of rotatable bonds is 9. The number of hydrogen-bond donors (Lipinski definition) is 2. The van der Waals surface area contributed by atoms with Crippen molar-refractivity contribution in [2.75, 3.05) is 55.6 Å².